The third kappa shape index (κ3) is 6.75. The van der Waals surface area contributed by atoms with Crippen molar-refractivity contribution in [2.24, 2.45) is 5.41 Å². The first kappa shape index (κ1) is 27.7. The molecule has 1 aromatic carbocycles. The molecule has 0 saturated carbocycles. The highest BCUT2D eigenvalue weighted by molar-refractivity contribution is 6.43. The Balaban J connectivity index is 1.37. The van der Waals surface area contributed by atoms with Crippen LogP contribution in [0.25, 0.3) is 11.0 Å². The zero-order valence-corrected chi connectivity index (χ0v) is 21.6. The molecule has 4 rings (SSSR count). The number of furan rings is 1. The van der Waals surface area contributed by atoms with Crippen LogP contribution >= 0.6 is 0 Å². The summed E-state index contributed by atoms with van der Waals surface area (Å²) in [6.45, 7) is 3.62. The van der Waals surface area contributed by atoms with E-state index in [0.29, 0.717) is 31.8 Å². The topological polar surface area (TPSA) is 145 Å². The van der Waals surface area contributed by atoms with E-state index in [1.807, 2.05) is 25.1 Å². The van der Waals surface area contributed by atoms with Crippen molar-refractivity contribution in [1.29, 1.82) is 5.26 Å². The first-order chi connectivity index (χ1) is 18.3. The molecule has 0 spiro atoms. The Hall–Kier alpha value is -3.33. The molecule has 2 saturated heterocycles. The number of hydrogen-bond acceptors (Lipinski definition) is 8. The normalized spacial score (nSPS) is 20.4. The number of nitrogens with zero attached hydrogens (tertiary/aromatic N) is 2. The van der Waals surface area contributed by atoms with Crippen LogP contribution in [0.3, 0.4) is 0 Å². The summed E-state index contributed by atoms with van der Waals surface area (Å²) in [5.41, 5.74) is 1.20. The first-order valence-corrected chi connectivity index (χ1v) is 13.1. The van der Waals surface area contributed by atoms with Crippen molar-refractivity contribution in [2.75, 3.05) is 26.4 Å². The van der Waals surface area contributed by atoms with E-state index >= 15 is 0 Å². The summed E-state index contributed by atoms with van der Waals surface area (Å²) in [5, 5.41) is 32.8. The number of allylic oxidation sites excluding steroid dienone is 1. The van der Waals surface area contributed by atoms with Crippen molar-refractivity contribution in [1.82, 2.24) is 10.2 Å². The maximum Gasteiger partial charge on any atom is 0.475 e. The minimum Gasteiger partial charge on any atom is -0.464 e. The molecule has 11 heteroatoms. The number of hydrogen-bond donors (Lipinski definition) is 3. The number of nitrogens with one attached hydrogen (secondary N) is 1. The lowest BCUT2D eigenvalue weighted by atomic mass is 9.76. The Morgan fingerprint density at radius 3 is 2.82 bits per heavy atom. The molecule has 10 nitrogen and oxygen atoms in total. The van der Waals surface area contributed by atoms with Crippen LogP contribution in [0, 0.1) is 16.7 Å². The molecule has 2 aromatic rings. The third-order valence-corrected chi connectivity index (χ3v) is 7.44. The highest BCUT2D eigenvalue weighted by atomic mass is 16.5. The average Bonchev–Trinajstić information content (AvgIpc) is 3.33. The number of likely N-dealkylation sites (tertiary alicyclic amines) is 1. The van der Waals surface area contributed by atoms with Gasteiger partial charge in [-0.2, -0.15) is 5.26 Å². The van der Waals surface area contributed by atoms with Gasteiger partial charge in [0.2, 0.25) is 0 Å². The van der Waals surface area contributed by atoms with Gasteiger partial charge in [-0.3, -0.25) is 4.79 Å². The lowest BCUT2D eigenvalue weighted by molar-refractivity contribution is -0.131. The second-order valence-corrected chi connectivity index (χ2v) is 10.3. The van der Waals surface area contributed by atoms with Gasteiger partial charge in [-0.15, -0.1) is 0 Å². The highest BCUT2D eigenvalue weighted by Crippen LogP contribution is 2.33. The second-order valence-electron chi connectivity index (χ2n) is 10.3. The predicted molar refractivity (Wildman–Crippen MR) is 140 cm³/mol. The number of nitriles is 1. The van der Waals surface area contributed by atoms with Crippen LogP contribution in [-0.4, -0.2) is 72.4 Å². The van der Waals surface area contributed by atoms with E-state index in [4.69, 9.17) is 13.9 Å². The van der Waals surface area contributed by atoms with Gasteiger partial charge in [-0.1, -0.05) is 31.2 Å². The van der Waals surface area contributed by atoms with Crippen LogP contribution in [0.15, 0.2) is 46.6 Å². The summed E-state index contributed by atoms with van der Waals surface area (Å²) in [6.07, 6.45) is 6.38. The van der Waals surface area contributed by atoms with Gasteiger partial charge in [0.25, 0.3) is 5.91 Å². The molecule has 0 radical (unpaired) electrons. The van der Waals surface area contributed by atoms with E-state index in [-0.39, 0.29) is 36.0 Å². The minimum absolute atomic E-state index is 0.0652. The summed E-state index contributed by atoms with van der Waals surface area (Å²) in [6, 6.07) is 9.04. The van der Waals surface area contributed by atoms with Gasteiger partial charge in [-0.05, 0) is 55.6 Å². The van der Waals surface area contributed by atoms with Crippen LogP contribution in [-0.2, 0) is 20.7 Å². The van der Waals surface area contributed by atoms with Gasteiger partial charge in [0, 0.05) is 25.1 Å². The zero-order valence-electron chi connectivity index (χ0n) is 21.6. The lowest BCUT2D eigenvalue weighted by Gasteiger charge is -2.36. The second kappa shape index (κ2) is 12.5. The number of fused-ring (bicyclic) bond motifs is 1. The van der Waals surface area contributed by atoms with Crippen LogP contribution < -0.4 is 5.32 Å². The molecular weight excluding hydrogens is 489 g/mol. The number of carbonyl (C=O) groups excluding carboxylic acids is 2. The molecule has 0 bridgehead atoms. The number of rotatable bonds is 8. The Morgan fingerprint density at radius 1 is 1.32 bits per heavy atom. The zero-order chi connectivity index (χ0) is 27.1. The Bertz CT molecular complexity index is 1200. The van der Waals surface area contributed by atoms with E-state index < -0.39 is 19.2 Å². The fourth-order valence-corrected chi connectivity index (χ4v) is 5.09. The molecule has 202 valence electrons. The molecule has 0 unspecified atom stereocenters. The summed E-state index contributed by atoms with van der Waals surface area (Å²) in [7, 11) is -1.82. The quantitative estimate of drug-likeness (QED) is 0.272. The lowest BCUT2D eigenvalue weighted by Crippen LogP contribution is -2.50. The molecule has 2 amide bonds. The number of carbonyl (C=O) groups is 2. The third-order valence-electron chi connectivity index (χ3n) is 7.44. The molecule has 2 atom stereocenters. The molecule has 2 fully saturated rings. The monoisotopic (exact) mass is 523 g/mol. The maximum atomic E-state index is 13.3. The van der Waals surface area contributed by atoms with E-state index in [0.717, 1.165) is 36.6 Å². The summed E-state index contributed by atoms with van der Waals surface area (Å²) in [5.74, 6) is -1.38. The number of alkyl carbamates (subject to hydrolysis) is 1. The first-order valence-electron chi connectivity index (χ1n) is 13.1. The van der Waals surface area contributed by atoms with Gasteiger partial charge in [0.1, 0.15) is 23.8 Å². The van der Waals surface area contributed by atoms with Crippen LogP contribution in [0.2, 0.25) is 0 Å². The van der Waals surface area contributed by atoms with E-state index in [9.17, 15) is 24.9 Å². The van der Waals surface area contributed by atoms with Crippen LogP contribution in [0.5, 0.6) is 0 Å². The van der Waals surface area contributed by atoms with Crippen molar-refractivity contribution in [2.45, 2.75) is 57.4 Å². The fraction of sp³-hybridized carbons (Fsp3) is 0.519. The number of para-hydroxylation sites is 1. The molecule has 3 N–H and O–H groups in total. The fourth-order valence-electron chi connectivity index (χ4n) is 5.09. The molecular formula is C27H34BN3O7. The Labute approximate surface area is 222 Å². The van der Waals surface area contributed by atoms with Gasteiger partial charge >= 0.3 is 13.2 Å². The average molecular weight is 523 g/mol. The maximum absolute atomic E-state index is 13.3. The van der Waals surface area contributed by atoms with Crippen LogP contribution in [0.1, 0.15) is 44.6 Å². The van der Waals surface area contributed by atoms with E-state index in [1.165, 1.54) is 6.26 Å². The SMILES string of the molecule is CC1(/C=C(/C#N)C(=O)N2CCCC[C@@H]2COC(=O)N[C@@H](Cc2coc3ccccc23)B(O)O)CCOCC1. The van der Waals surface area contributed by atoms with E-state index in [1.54, 1.807) is 17.0 Å². The van der Waals surface area contributed by atoms with Gasteiger partial charge < -0.3 is 34.2 Å². The van der Waals surface area contributed by atoms with Gasteiger partial charge in [0.05, 0.1) is 18.2 Å². The minimum atomic E-state index is -1.82. The van der Waals surface area contributed by atoms with Gasteiger partial charge in [-0.25, -0.2) is 4.79 Å². The summed E-state index contributed by atoms with van der Waals surface area (Å²) >= 11 is 0. The molecule has 1 aromatic heterocycles. The molecule has 2 aliphatic heterocycles. The summed E-state index contributed by atoms with van der Waals surface area (Å²) in [4.78, 5) is 27.5. The highest BCUT2D eigenvalue weighted by Gasteiger charge is 2.33. The molecule has 38 heavy (non-hydrogen) atoms. The number of benzene rings is 1. The van der Waals surface area contributed by atoms with E-state index in [2.05, 4.69) is 11.4 Å². The van der Waals surface area contributed by atoms with Gasteiger partial charge in [0.15, 0.2) is 0 Å². The number of ether oxygens (including phenoxy) is 2. The number of amides is 2. The van der Waals surface area contributed by atoms with Crippen molar-refractivity contribution >= 4 is 30.1 Å². The molecule has 0 aliphatic carbocycles. The standard InChI is InChI=1S/C27H34BN3O7/c1-27(9-12-36-13-10-27)15-20(16-29)25(32)31-11-5-4-6-21(31)18-38-26(33)30-24(28(34)35)14-19-17-37-23-8-3-2-7-22(19)23/h2-3,7-8,15,17,21,24,34-35H,4-6,9-14,18H2,1H3,(H,30,33)/b20-15-/t21-,24+/m1/s1. The van der Waals surface area contributed by atoms with Crippen molar-refractivity contribution in [3.05, 3.63) is 47.7 Å². The Kier molecular flexibility index (Phi) is 9.10. The largest absolute Gasteiger partial charge is 0.475 e. The smallest absolute Gasteiger partial charge is 0.464 e. The Morgan fingerprint density at radius 2 is 2.08 bits per heavy atom. The number of piperidine rings is 1. The molecule has 3 heterocycles. The van der Waals surface area contributed by atoms with Crippen molar-refractivity contribution in [3.63, 3.8) is 0 Å². The summed E-state index contributed by atoms with van der Waals surface area (Å²) < 4.78 is 16.3. The predicted octanol–water partition coefficient (Wildman–Crippen LogP) is 2.73. The van der Waals surface area contributed by atoms with Crippen molar-refractivity contribution < 1.29 is 33.5 Å². The van der Waals surface area contributed by atoms with Crippen LogP contribution in [0.4, 0.5) is 4.79 Å². The molecule has 2 aliphatic rings. The van der Waals surface area contributed by atoms with Crippen molar-refractivity contribution in [3.8, 4) is 6.07 Å².